The predicted molar refractivity (Wildman–Crippen MR) is 171 cm³/mol. The van der Waals surface area contributed by atoms with Crippen LogP contribution in [0.25, 0.3) is 0 Å². The fraction of sp³-hybridized carbons (Fsp3) is 0.235. The van der Waals surface area contributed by atoms with Gasteiger partial charge in [-0.2, -0.15) is 4.31 Å². The van der Waals surface area contributed by atoms with E-state index in [1.807, 2.05) is 66.7 Å². The quantitative estimate of drug-likeness (QED) is 0.236. The summed E-state index contributed by atoms with van der Waals surface area (Å²) in [5.74, 6) is -0.475. The zero-order chi connectivity index (χ0) is 31.6. The number of nitrogens with zero attached hydrogens (tertiary/aromatic N) is 2. The van der Waals surface area contributed by atoms with E-state index in [1.165, 1.54) is 33.5 Å². The summed E-state index contributed by atoms with van der Waals surface area (Å²) >= 11 is 6.33. The Kier molecular flexibility index (Phi) is 10.9. The summed E-state index contributed by atoms with van der Waals surface area (Å²) in [4.78, 5) is 29.4. The first kappa shape index (κ1) is 32.2. The second-order valence-corrected chi connectivity index (χ2v) is 12.8. The Morgan fingerprint density at radius 2 is 1.49 bits per heavy atom. The number of hydrogen-bond acceptors (Lipinski definition) is 6. The van der Waals surface area contributed by atoms with Gasteiger partial charge in [-0.3, -0.25) is 9.59 Å². The maximum absolute atomic E-state index is 13.9. The Balaban J connectivity index is 1.36. The van der Waals surface area contributed by atoms with Gasteiger partial charge in [0, 0.05) is 31.2 Å². The molecule has 0 aromatic heterocycles. The highest BCUT2D eigenvalue weighted by atomic mass is 35.5. The number of morpholine rings is 1. The number of carbonyl (C=O) groups is 2. The van der Waals surface area contributed by atoms with Gasteiger partial charge in [0.05, 0.1) is 18.1 Å². The van der Waals surface area contributed by atoms with Crippen molar-refractivity contribution in [1.29, 1.82) is 0 Å². The minimum atomic E-state index is -3.67. The Hall–Kier alpha value is -4.22. The second kappa shape index (κ2) is 15.2. The summed E-state index contributed by atoms with van der Waals surface area (Å²) in [7, 11) is -3.67. The zero-order valence-corrected chi connectivity index (χ0v) is 26.1. The average Bonchev–Trinajstić information content (AvgIpc) is 3.08. The fourth-order valence-electron chi connectivity index (χ4n) is 5.00. The SMILES string of the molecule is O=C(NCc1ccccc1Cl)C(c1ccccc1)N(Cc1ccccc1)C(=O)COc1ccc(S(=O)(=O)N2CCOCC2)cc1. The number of hydrogen-bond donors (Lipinski definition) is 1. The third-order valence-electron chi connectivity index (χ3n) is 7.40. The van der Waals surface area contributed by atoms with E-state index >= 15 is 0 Å². The van der Waals surface area contributed by atoms with Gasteiger partial charge in [0.25, 0.3) is 5.91 Å². The van der Waals surface area contributed by atoms with Crippen molar-refractivity contribution in [2.24, 2.45) is 0 Å². The van der Waals surface area contributed by atoms with Gasteiger partial charge < -0.3 is 19.7 Å². The fourth-order valence-corrected chi connectivity index (χ4v) is 6.61. The lowest BCUT2D eigenvalue weighted by Crippen LogP contribution is -2.45. The van der Waals surface area contributed by atoms with E-state index in [-0.39, 0.29) is 30.5 Å². The molecule has 0 spiro atoms. The van der Waals surface area contributed by atoms with Gasteiger partial charge in [0.15, 0.2) is 6.61 Å². The van der Waals surface area contributed by atoms with Crippen molar-refractivity contribution in [2.45, 2.75) is 24.0 Å². The lowest BCUT2D eigenvalue weighted by Gasteiger charge is -2.31. The summed E-state index contributed by atoms with van der Waals surface area (Å²) in [6, 6.07) is 30.7. The third kappa shape index (κ3) is 8.29. The molecule has 1 unspecified atom stereocenters. The number of carbonyl (C=O) groups excluding carboxylic acids is 2. The lowest BCUT2D eigenvalue weighted by molar-refractivity contribution is -0.143. The topological polar surface area (TPSA) is 105 Å². The van der Waals surface area contributed by atoms with Crippen LogP contribution in [0.2, 0.25) is 5.02 Å². The zero-order valence-electron chi connectivity index (χ0n) is 24.5. The molecule has 0 aliphatic carbocycles. The van der Waals surface area contributed by atoms with Crippen LogP contribution in [0.4, 0.5) is 0 Å². The molecule has 1 atom stereocenters. The van der Waals surface area contributed by atoms with Gasteiger partial charge in [-0.15, -0.1) is 0 Å². The van der Waals surface area contributed by atoms with Crippen LogP contribution in [0.1, 0.15) is 22.7 Å². The summed E-state index contributed by atoms with van der Waals surface area (Å²) in [6.07, 6.45) is 0. The minimum Gasteiger partial charge on any atom is -0.484 e. The number of sulfonamides is 1. The molecule has 2 amide bonds. The molecule has 1 fully saturated rings. The van der Waals surface area contributed by atoms with Gasteiger partial charge >= 0.3 is 0 Å². The van der Waals surface area contributed by atoms with Gasteiger partial charge in [-0.25, -0.2) is 8.42 Å². The highest BCUT2D eigenvalue weighted by molar-refractivity contribution is 7.89. The van der Waals surface area contributed by atoms with Gasteiger partial charge in [0.2, 0.25) is 15.9 Å². The van der Waals surface area contributed by atoms with Crippen molar-refractivity contribution in [1.82, 2.24) is 14.5 Å². The summed E-state index contributed by atoms with van der Waals surface area (Å²) < 4.78 is 38.5. The van der Waals surface area contributed by atoms with Crippen molar-refractivity contribution in [3.05, 3.63) is 131 Å². The molecular weight excluding hydrogens is 614 g/mol. The smallest absolute Gasteiger partial charge is 0.261 e. The molecule has 11 heteroatoms. The first-order valence-electron chi connectivity index (χ1n) is 14.5. The second-order valence-electron chi connectivity index (χ2n) is 10.4. The molecule has 4 aromatic rings. The molecule has 1 saturated heterocycles. The summed E-state index contributed by atoms with van der Waals surface area (Å²) in [6.45, 7) is 1.25. The van der Waals surface area contributed by atoms with Crippen molar-refractivity contribution in [2.75, 3.05) is 32.9 Å². The van der Waals surface area contributed by atoms with Crippen LogP contribution in [0.3, 0.4) is 0 Å². The van der Waals surface area contributed by atoms with Crippen LogP contribution >= 0.6 is 11.6 Å². The van der Waals surface area contributed by atoms with Crippen LogP contribution in [0, 0.1) is 0 Å². The van der Waals surface area contributed by atoms with Gasteiger partial charge in [0.1, 0.15) is 11.8 Å². The van der Waals surface area contributed by atoms with Crippen LogP contribution in [0.15, 0.2) is 114 Å². The van der Waals surface area contributed by atoms with Gasteiger partial charge in [-0.05, 0) is 47.0 Å². The van der Waals surface area contributed by atoms with E-state index < -0.39 is 22.0 Å². The van der Waals surface area contributed by atoms with E-state index in [9.17, 15) is 18.0 Å². The highest BCUT2D eigenvalue weighted by Gasteiger charge is 2.32. The molecule has 5 rings (SSSR count). The highest BCUT2D eigenvalue weighted by Crippen LogP contribution is 2.26. The Bertz CT molecular complexity index is 1680. The summed E-state index contributed by atoms with van der Waals surface area (Å²) in [5, 5.41) is 3.48. The molecule has 1 aliphatic heterocycles. The van der Waals surface area contributed by atoms with Crippen molar-refractivity contribution in [3.8, 4) is 5.75 Å². The van der Waals surface area contributed by atoms with Crippen LogP contribution in [-0.4, -0.2) is 62.3 Å². The normalized spacial score (nSPS) is 14.3. The first-order valence-corrected chi connectivity index (χ1v) is 16.3. The average molecular weight is 648 g/mol. The largest absolute Gasteiger partial charge is 0.484 e. The molecule has 0 saturated carbocycles. The molecule has 0 bridgehead atoms. The van der Waals surface area contributed by atoms with Crippen molar-refractivity contribution < 1.29 is 27.5 Å². The Morgan fingerprint density at radius 1 is 0.867 bits per heavy atom. The molecule has 4 aromatic carbocycles. The maximum atomic E-state index is 13.9. The van der Waals surface area contributed by atoms with E-state index in [2.05, 4.69) is 5.32 Å². The molecule has 1 heterocycles. The van der Waals surface area contributed by atoms with Crippen LogP contribution in [-0.2, 0) is 37.4 Å². The Morgan fingerprint density at radius 3 is 2.16 bits per heavy atom. The molecule has 9 nitrogen and oxygen atoms in total. The van der Waals surface area contributed by atoms with Crippen molar-refractivity contribution in [3.63, 3.8) is 0 Å². The first-order chi connectivity index (χ1) is 21.8. The summed E-state index contributed by atoms with van der Waals surface area (Å²) in [5.41, 5.74) is 2.22. The third-order valence-corrected chi connectivity index (χ3v) is 9.68. The predicted octanol–water partition coefficient (Wildman–Crippen LogP) is 4.83. The molecule has 1 N–H and O–H groups in total. The number of halogens is 1. The Labute approximate surface area is 268 Å². The lowest BCUT2D eigenvalue weighted by atomic mass is 10.0. The molecule has 1 aliphatic rings. The van der Waals surface area contributed by atoms with Gasteiger partial charge in [-0.1, -0.05) is 90.5 Å². The molecule has 45 heavy (non-hydrogen) atoms. The number of nitrogens with one attached hydrogen (secondary N) is 1. The minimum absolute atomic E-state index is 0.133. The molecular formula is C34H34ClN3O6S. The number of amides is 2. The number of benzene rings is 4. The molecule has 234 valence electrons. The number of ether oxygens (including phenoxy) is 2. The maximum Gasteiger partial charge on any atom is 0.261 e. The van der Waals surface area contributed by atoms with Crippen LogP contribution < -0.4 is 10.1 Å². The standard InChI is InChI=1S/C34H34ClN3O6S/c35-31-14-8-7-13-28(31)23-36-34(40)33(27-11-5-2-6-12-27)38(24-26-9-3-1-4-10-26)32(39)25-44-29-15-17-30(18-16-29)45(41,42)37-19-21-43-22-20-37/h1-18,33H,19-25H2,(H,36,40). The van der Waals surface area contributed by atoms with E-state index in [0.29, 0.717) is 42.6 Å². The monoisotopic (exact) mass is 647 g/mol. The van der Waals surface area contributed by atoms with E-state index in [1.54, 1.807) is 18.2 Å². The van der Waals surface area contributed by atoms with E-state index in [0.717, 1.165) is 11.1 Å². The molecule has 0 radical (unpaired) electrons. The van der Waals surface area contributed by atoms with Crippen molar-refractivity contribution >= 4 is 33.4 Å². The number of rotatable bonds is 12. The van der Waals surface area contributed by atoms with Crippen LogP contribution in [0.5, 0.6) is 5.75 Å². The van der Waals surface area contributed by atoms with E-state index in [4.69, 9.17) is 21.1 Å².